The molecule has 1 rings (SSSR count). The molecule has 0 spiro atoms. The molecule has 0 radical (unpaired) electrons. The van der Waals surface area contributed by atoms with Gasteiger partial charge in [0.05, 0.1) is 11.0 Å². The van der Waals surface area contributed by atoms with E-state index in [0.29, 0.717) is 0 Å². The molecule has 0 saturated heterocycles. The second-order valence-corrected chi connectivity index (χ2v) is 4.50. The first kappa shape index (κ1) is 11.4. The van der Waals surface area contributed by atoms with Crippen molar-refractivity contribution in [2.24, 2.45) is 0 Å². The van der Waals surface area contributed by atoms with Crippen molar-refractivity contribution in [3.63, 3.8) is 0 Å². The quantitative estimate of drug-likeness (QED) is 0.767. The zero-order chi connectivity index (χ0) is 10.6. The number of benzene rings is 1. The van der Waals surface area contributed by atoms with Gasteiger partial charge in [0.25, 0.3) is 0 Å². The summed E-state index contributed by atoms with van der Waals surface area (Å²) in [5, 5.41) is 0. The summed E-state index contributed by atoms with van der Waals surface area (Å²) in [6.45, 7) is 5.94. The molecule has 0 aliphatic rings. The van der Waals surface area contributed by atoms with E-state index >= 15 is 0 Å². The van der Waals surface area contributed by atoms with Gasteiger partial charge in [0.2, 0.25) is 0 Å². The Morgan fingerprint density at radius 3 is 2.43 bits per heavy atom. The molecule has 0 amide bonds. The lowest BCUT2D eigenvalue weighted by Gasteiger charge is -2.08. The average Bonchev–Trinajstić information content (AvgIpc) is 2.18. The van der Waals surface area contributed by atoms with Crippen molar-refractivity contribution in [1.29, 1.82) is 0 Å². The molecule has 14 heavy (non-hydrogen) atoms. The van der Waals surface area contributed by atoms with Crippen LogP contribution in [-0.4, -0.2) is 10.3 Å². The highest BCUT2D eigenvalue weighted by atomic mass is 32.2. The van der Waals surface area contributed by atoms with Gasteiger partial charge in [0.1, 0.15) is 0 Å². The van der Waals surface area contributed by atoms with E-state index in [1.165, 1.54) is 0 Å². The smallest absolute Gasteiger partial charge is 0.189 e. The molecule has 1 aromatic rings. The Labute approximate surface area is 88.0 Å². The van der Waals surface area contributed by atoms with E-state index in [0.717, 1.165) is 16.9 Å². The van der Waals surface area contributed by atoms with Gasteiger partial charge in [-0.3, -0.25) is 4.18 Å². The van der Waals surface area contributed by atoms with Gasteiger partial charge in [-0.1, -0.05) is 24.6 Å². The van der Waals surface area contributed by atoms with E-state index in [9.17, 15) is 4.21 Å². The third kappa shape index (κ3) is 3.24. The summed E-state index contributed by atoms with van der Waals surface area (Å²) in [5.41, 5.74) is 1.16. The number of aryl methyl sites for hydroxylation is 1. The summed E-state index contributed by atoms with van der Waals surface area (Å²) in [5.74, 6) is 0. The van der Waals surface area contributed by atoms with Gasteiger partial charge in [-0.15, -0.1) is 0 Å². The van der Waals surface area contributed by atoms with Crippen LogP contribution in [0, 0.1) is 6.92 Å². The summed E-state index contributed by atoms with van der Waals surface area (Å²) < 4.78 is 16.9. The second kappa shape index (κ2) is 5.27. The molecule has 78 valence electrons. The van der Waals surface area contributed by atoms with Crippen molar-refractivity contribution in [2.45, 2.75) is 38.2 Å². The Morgan fingerprint density at radius 2 is 1.93 bits per heavy atom. The highest BCUT2D eigenvalue weighted by Gasteiger charge is 2.07. The predicted octanol–water partition coefficient (Wildman–Crippen LogP) is 2.83. The van der Waals surface area contributed by atoms with Gasteiger partial charge < -0.3 is 0 Å². The van der Waals surface area contributed by atoms with Crippen molar-refractivity contribution in [2.75, 3.05) is 0 Å². The number of hydrogen-bond acceptors (Lipinski definition) is 2. The van der Waals surface area contributed by atoms with E-state index in [1.54, 1.807) is 0 Å². The van der Waals surface area contributed by atoms with Crippen LogP contribution in [0.3, 0.4) is 0 Å². The first-order chi connectivity index (χ1) is 6.63. The van der Waals surface area contributed by atoms with Crippen molar-refractivity contribution < 1.29 is 8.39 Å². The third-order valence-electron chi connectivity index (χ3n) is 2.04. The minimum Gasteiger partial charge on any atom is -0.284 e. The zero-order valence-electron chi connectivity index (χ0n) is 8.82. The molecule has 2 nitrogen and oxygen atoms in total. The van der Waals surface area contributed by atoms with Crippen LogP contribution in [-0.2, 0) is 15.3 Å². The lowest BCUT2D eigenvalue weighted by Crippen LogP contribution is -2.09. The van der Waals surface area contributed by atoms with Gasteiger partial charge in [-0.25, -0.2) is 4.21 Å². The normalized spacial score (nSPS) is 15.1. The standard InChI is InChI=1S/C11H16O2S/c1-4-10(3)13-14(12)11-7-5-9(2)6-8-11/h5-8,10H,4H2,1-3H3. The summed E-state index contributed by atoms with van der Waals surface area (Å²) >= 11 is -1.32. The van der Waals surface area contributed by atoms with E-state index in [4.69, 9.17) is 4.18 Å². The van der Waals surface area contributed by atoms with Gasteiger partial charge in [-0.2, -0.15) is 0 Å². The molecule has 0 aliphatic carbocycles. The van der Waals surface area contributed by atoms with E-state index < -0.39 is 11.1 Å². The van der Waals surface area contributed by atoms with E-state index in [1.807, 2.05) is 45.0 Å². The molecule has 0 aliphatic heterocycles. The summed E-state index contributed by atoms with van der Waals surface area (Å²) in [6.07, 6.45) is 0.912. The van der Waals surface area contributed by atoms with Gasteiger partial charge in [0, 0.05) is 0 Å². The molecule has 2 unspecified atom stereocenters. The zero-order valence-corrected chi connectivity index (χ0v) is 9.64. The van der Waals surface area contributed by atoms with Crippen LogP contribution >= 0.6 is 0 Å². The van der Waals surface area contributed by atoms with Crippen LogP contribution in [0.15, 0.2) is 29.2 Å². The molecule has 0 saturated carbocycles. The Balaban J connectivity index is 2.65. The number of hydrogen-bond donors (Lipinski definition) is 0. The minimum atomic E-state index is -1.32. The fraction of sp³-hybridized carbons (Fsp3) is 0.455. The van der Waals surface area contributed by atoms with E-state index in [2.05, 4.69) is 0 Å². The maximum atomic E-state index is 11.6. The molecular formula is C11H16O2S. The molecule has 0 bridgehead atoms. The van der Waals surface area contributed by atoms with E-state index in [-0.39, 0.29) is 6.10 Å². The first-order valence-electron chi connectivity index (χ1n) is 4.79. The molecule has 0 aromatic heterocycles. The van der Waals surface area contributed by atoms with Crippen molar-refractivity contribution in [3.05, 3.63) is 29.8 Å². The summed E-state index contributed by atoms with van der Waals surface area (Å²) in [4.78, 5) is 0.732. The van der Waals surface area contributed by atoms with Crippen LogP contribution in [0.4, 0.5) is 0 Å². The van der Waals surface area contributed by atoms with Crippen LogP contribution in [0.1, 0.15) is 25.8 Å². The average molecular weight is 212 g/mol. The minimum absolute atomic E-state index is 0.0390. The van der Waals surface area contributed by atoms with Crippen molar-refractivity contribution in [1.82, 2.24) is 0 Å². The number of rotatable bonds is 4. The van der Waals surface area contributed by atoms with Gasteiger partial charge >= 0.3 is 0 Å². The Morgan fingerprint density at radius 1 is 1.36 bits per heavy atom. The molecular weight excluding hydrogens is 196 g/mol. The first-order valence-corrected chi connectivity index (χ1v) is 5.86. The second-order valence-electron chi connectivity index (χ2n) is 3.36. The molecule has 1 aromatic carbocycles. The highest BCUT2D eigenvalue weighted by molar-refractivity contribution is 7.80. The maximum Gasteiger partial charge on any atom is 0.189 e. The summed E-state index contributed by atoms with van der Waals surface area (Å²) in [6, 6.07) is 7.56. The van der Waals surface area contributed by atoms with Crippen LogP contribution in [0.2, 0.25) is 0 Å². The molecule has 3 heteroatoms. The Hall–Kier alpha value is -0.670. The predicted molar refractivity (Wildman–Crippen MR) is 58.4 cm³/mol. The highest BCUT2D eigenvalue weighted by Crippen LogP contribution is 2.11. The van der Waals surface area contributed by atoms with Gasteiger partial charge in [0.15, 0.2) is 11.1 Å². The van der Waals surface area contributed by atoms with Gasteiger partial charge in [-0.05, 0) is 32.4 Å². The largest absolute Gasteiger partial charge is 0.284 e. The fourth-order valence-electron chi connectivity index (χ4n) is 0.922. The topological polar surface area (TPSA) is 26.3 Å². The fourth-order valence-corrected chi connectivity index (χ4v) is 1.83. The molecule has 0 N–H and O–H groups in total. The SMILES string of the molecule is CCC(C)OS(=O)c1ccc(C)cc1. The summed E-state index contributed by atoms with van der Waals surface area (Å²) in [7, 11) is 0. The lowest BCUT2D eigenvalue weighted by molar-refractivity contribution is 0.242. The Bertz CT molecular complexity index is 306. The lowest BCUT2D eigenvalue weighted by atomic mass is 10.2. The monoisotopic (exact) mass is 212 g/mol. The third-order valence-corrected chi connectivity index (χ3v) is 3.20. The van der Waals surface area contributed by atoms with Crippen LogP contribution in [0.25, 0.3) is 0 Å². The molecule has 0 fully saturated rings. The van der Waals surface area contributed by atoms with Crippen LogP contribution in [0.5, 0.6) is 0 Å². The Kier molecular flexibility index (Phi) is 4.29. The molecule has 0 heterocycles. The molecule has 2 atom stereocenters. The van der Waals surface area contributed by atoms with Crippen molar-refractivity contribution >= 4 is 11.1 Å². The van der Waals surface area contributed by atoms with Crippen molar-refractivity contribution in [3.8, 4) is 0 Å². The maximum absolute atomic E-state index is 11.6. The van der Waals surface area contributed by atoms with Crippen LogP contribution < -0.4 is 0 Å².